The Kier molecular flexibility index (Phi) is 5.49. The third-order valence-electron chi connectivity index (χ3n) is 4.25. The van der Waals surface area contributed by atoms with Gasteiger partial charge in [0.2, 0.25) is 5.91 Å². The molecule has 1 aromatic heterocycles. The van der Waals surface area contributed by atoms with E-state index in [2.05, 4.69) is 10.3 Å². The van der Waals surface area contributed by atoms with E-state index < -0.39 is 6.04 Å². The van der Waals surface area contributed by atoms with Crippen molar-refractivity contribution in [2.24, 2.45) is 11.7 Å². The molecular formula is C16H24N4O2. The predicted molar refractivity (Wildman–Crippen MR) is 84.1 cm³/mol. The maximum Gasteiger partial charge on any atom is 0.251 e. The molecule has 1 aromatic rings. The summed E-state index contributed by atoms with van der Waals surface area (Å²) in [6.07, 6.45) is 4.99. The van der Waals surface area contributed by atoms with E-state index in [1.807, 2.05) is 11.8 Å². The Morgan fingerprint density at radius 3 is 2.41 bits per heavy atom. The van der Waals surface area contributed by atoms with Crippen LogP contribution in [-0.2, 0) is 4.79 Å². The first-order chi connectivity index (χ1) is 10.5. The van der Waals surface area contributed by atoms with Crippen molar-refractivity contribution in [2.45, 2.75) is 38.8 Å². The summed E-state index contributed by atoms with van der Waals surface area (Å²) in [7, 11) is 0. The maximum atomic E-state index is 12.1. The molecule has 6 heteroatoms. The number of carbonyl (C=O) groups excluding carboxylic acids is 2. The molecule has 1 saturated heterocycles. The van der Waals surface area contributed by atoms with Gasteiger partial charge in [-0.15, -0.1) is 0 Å². The third-order valence-corrected chi connectivity index (χ3v) is 4.25. The van der Waals surface area contributed by atoms with Gasteiger partial charge in [-0.25, -0.2) is 0 Å². The van der Waals surface area contributed by atoms with Gasteiger partial charge in [-0.3, -0.25) is 14.6 Å². The number of pyridine rings is 1. The van der Waals surface area contributed by atoms with Crippen molar-refractivity contribution >= 4 is 11.8 Å². The molecule has 120 valence electrons. The van der Waals surface area contributed by atoms with E-state index in [0.29, 0.717) is 24.6 Å². The number of carbonyl (C=O) groups is 2. The number of nitrogens with zero attached hydrogens (tertiary/aromatic N) is 2. The summed E-state index contributed by atoms with van der Waals surface area (Å²) in [4.78, 5) is 29.7. The van der Waals surface area contributed by atoms with Crippen molar-refractivity contribution in [1.82, 2.24) is 15.2 Å². The van der Waals surface area contributed by atoms with E-state index in [1.54, 1.807) is 31.5 Å². The van der Waals surface area contributed by atoms with Crippen molar-refractivity contribution in [2.75, 3.05) is 13.1 Å². The summed E-state index contributed by atoms with van der Waals surface area (Å²) in [5.41, 5.74) is 6.26. The second kappa shape index (κ2) is 7.35. The minimum absolute atomic E-state index is 0.00641. The summed E-state index contributed by atoms with van der Waals surface area (Å²) in [5, 5.41) is 3.04. The number of piperidine rings is 1. The molecule has 1 fully saturated rings. The second-order valence-electron chi connectivity index (χ2n) is 5.95. The van der Waals surface area contributed by atoms with E-state index in [0.717, 1.165) is 12.8 Å². The number of hydrogen-bond acceptors (Lipinski definition) is 4. The molecule has 2 rings (SSSR count). The van der Waals surface area contributed by atoms with Crippen molar-refractivity contribution < 1.29 is 9.59 Å². The van der Waals surface area contributed by atoms with Crippen LogP contribution in [0.1, 0.15) is 37.0 Å². The lowest BCUT2D eigenvalue weighted by molar-refractivity contribution is -0.133. The van der Waals surface area contributed by atoms with Gasteiger partial charge in [0.25, 0.3) is 5.91 Å². The van der Waals surface area contributed by atoms with Crippen LogP contribution in [0.15, 0.2) is 24.5 Å². The lowest BCUT2D eigenvalue weighted by atomic mass is 9.90. The molecule has 2 atom stereocenters. The van der Waals surface area contributed by atoms with Crippen LogP contribution < -0.4 is 11.1 Å². The van der Waals surface area contributed by atoms with Gasteiger partial charge in [-0.05, 0) is 44.7 Å². The molecule has 2 heterocycles. The van der Waals surface area contributed by atoms with Crippen LogP contribution in [0.2, 0.25) is 0 Å². The molecule has 0 bridgehead atoms. The molecule has 22 heavy (non-hydrogen) atoms. The number of rotatable bonds is 4. The number of amides is 2. The van der Waals surface area contributed by atoms with Gasteiger partial charge in [0.15, 0.2) is 0 Å². The molecule has 0 radical (unpaired) electrons. The fourth-order valence-corrected chi connectivity index (χ4v) is 2.82. The molecule has 0 aliphatic carbocycles. The zero-order valence-electron chi connectivity index (χ0n) is 13.2. The van der Waals surface area contributed by atoms with Gasteiger partial charge in [-0.1, -0.05) is 0 Å². The molecule has 0 saturated carbocycles. The Balaban J connectivity index is 1.84. The predicted octanol–water partition coefficient (Wildman–Crippen LogP) is 0.786. The van der Waals surface area contributed by atoms with E-state index >= 15 is 0 Å². The molecule has 3 N–H and O–H groups in total. The molecule has 1 aliphatic rings. The van der Waals surface area contributed by atoms with Crippen LogP contribution in [0, 0.1) is 5.92 Å². The largest absolute Gasteiger partial charge is 0.349 e. The van der Waals surface area contributed by atoms with Crippen molar-refractivity contribution in [3.05, 3.63) is 30.1 Å². The Morgan fingerprint density at radius 1 is 1.27 bits per heavy atom. The Morgan fingerprint density at radius 2 is 1.86 bits per heavy atom. The normalized spacial score (nSPS) is 18.6. The first-order valence-electron chi connectivity index (χ1n) is 7.74. The van der Waals surface area contributed by atoms with Gasteiger partial charge in [0.1, 0.15) is 0 Å². The second-order valence-corrected chi connectivity index (χ2v) is 5.95. The summed E-state index contributed by atoms with van der Waals surface area (Å²) >= 11 is 0. The zero-order chi connectivity index (χ0) is 16.1. The highest BCUT2D eigenvalue weighted by Gasteiger charge is 2.28. The van der Waals surface area contributed by atoms with E-state index in [1.165, 1.54) is 0 Å². The van der Waals surface area contributed by atoms with E-state index in [4.69, 9.17) is 5.73 Å². The molecule has 0 spiro atoms. The molecule has 6 nitrogen and oxygen atoms in total. The monoisotopic (exact) mass is 304 g/mol. The van der Waals surface area contributed by atoms with Crippen molar-refractivity contribution in [3.8, 4) is 0 Å². The minimum atomic E-state index is -0.444. The van der Waals surface area contributed by atoms with Crippen LogP contribution in [0.4, 0.5) is 0 Å². The summed E-state index contributed by atoms with van der Waals surface area (Å²) in [6, 6.07) is 3.03. The Labute approximate surface area is 131 Å². The quantitative estimate of drug-likeness (QED) is 0.860. The van der Waals surface area contributed by atoms with Crippen LogP contribution in [0.25, 0.3) is 0 Å². The van der Waals surface area contributed by atoms with Crippen LogP contribution in [0.3, 0.4) is 0 Å². The number of hydrogen-bond donors (Lipinski definition) is 2. The molecule has 1 unspecified atom stereocenters. The minimum Gasteiger partial charge on any atom is -0.349 e. The smallest absolute Gasteiger partial charge is 0.251 e. The average molecular weight is 304 g/mol. The average Bonchev–Trinajstić information content (AvgIpc) is 2.55. The Bertz CT molecular complexity index is 510. The van der Waals surface area contributed by atoms with Crippen LogP contribution in [0.5, 0.6) is 0 Å². The van der Waals surface area contributed by atoms with Gasteiger partial charge in [0.05, 0.1) is 6.04 Å². The molecular weight excluding hydrogens is 280 g/mol. The van der Waals surface area contributed by atoms with Crippen molar-refractivity contribution in [1.29, 1.82) is 0 Å². The number of nitrogens with one attached hydrogen (secondary N) is 1. The summed E-state index contributed by atoms with van der Waals surface area (Å²) in [5.74, 6) is 0.304. The zero-order valence-corrected chi connectivity index (χ0v) is 13.2. The topological polar surface area (TPSA) is 88.3 Å². The van der Waals surface area contributed by atoms with E-state index in [9.17, 15) is 9.59 Å². The van der Waals surface area contributed by atoms with E-state index in [-0.39, 0.29) is 17.9 Å². The SMILES string of the molecule is CC(NC(=O)c1ccncc1)C1CCN(C(=O)[C@H](C)N)CC1. The molecule has 0 aromatic carbocycles. The fourth-order valence-electron chi connectivity index (χ4n) is 2.82. The van der Waals surface area contributed by atoms with Gasteiger partial charge >= 0.3 is 0 Å². The van der Waals surface area contributed by atoms with Gasteiger partial charge in [-0.2, -0.15) is 0 Å². The summed E-state index contributed by atoms with van der Waals surface area (Å²) in [6.45, 7) is 5.15. The van der Waals surface area contributed by atoms with Crippen LogP contribution >= 0.6 is 0 Å². The molecule has 1 aliphatic heterocycles. The first-order valence-corrected chi connectivity index (χ1v) is 7.74. The van der Waals surface area contributed by atoms with Crippen molar-refractivity contribution in [3.63, 3.8) is 0 Å². The highest BCUT2D eigenvalue weighted by Crippen LogP contribution is 2.21. The van der Waals surface area contributed by atoms with Gasteiger partial charge < -0.3 is 16.0 Å². The number of aromatic nitrogens is 1. The lowest BCUT2D eigenvalue weighted by Gasteiger charge is -2.35. The molecule has 2 amide bonds. The standard InChI is InChI=1S/C16H24N4O2/c1-11(17)16(22)20-9-5-13(6-10-20)12(2)19-15(21)14-3-7-18-8-4-14/h3-4,7-8,11-13H,5-6,9-10,17H2,1-2H3,(H,19,21)/t11-,12?/m0/s1. The third kappa shape index (κ3) is 4.04. The lowest BCUT2D eigenvalue weighted by Crippen LogP contribution is -2.49. The number of nitrogens with two attached hydrogens (primary N) is 1. The summed E-state index contributed by atoms with van der Waals surface area (Å²) < 4.78 is 0. The van der Waals surface area contributed by atoms with Crippen LogP contribution in [-0.4, -0.2) is 46.9 Å². The highest BCUT2D eigenvalue weighted by atomic mass is 16.2. The highest BCUT2D eigenvalue weighted by molar-refractivity contribution is 5.94. The van der Waals surface area contributed by atoms with Gasteiger partial charge in [0, 0.05) is 37.1 Å². The number of likely N-dealkylation sites (tertiary alicyclic amines) is 1. The Hall–Kier alpha value is -1.95. The maximum absolute atomic E-state index is 12.1. The first kappa shape index (κ1) is 16.4. The fraction of sp³-hybridized carbons (Fsp3) is 0.562.